The van der Waals surface area contributed by atoms with Gasteiger partial charge < -0.3 is 10.2 Å². The number of fused-ring (bicyclic) bond motifs is 5. The average molecular weight is 683 g/mol. The maximum absolute atomic E-state index is 16.9. The Labute approximate surface area is 281 Å². The van der Waals surface area contributed by atoms with Crippen LogP contribution < -0.4 is 0 Å². The highest BCUT2D eigenvalue weighted by atomic mass is 35.5. The van der Waals surface area contributed by atoms with E-state index in [-0.39, 0.29) is 59.3 Å². The summed E-state index contributed by atoms with van der Waals surface area (Å²) < 4.78 is 32.1. The van der Waals surface area contributed by atoms with Gasteiger partial charge in [-0.1, -0.05) is 71.0 Å². The van der Waals surface area contributed by atoms with Gasteiger partial charge in [0.1, 0.15) is 6.17 Å². The van der Waals surface area contributed by atoms with Gasteiger partial charge >= 0.3 is 5.97 Å². The fourth-order valence-corrected chi connectivity index (χ4v) is 8.92. The Morgan fingerprint density at radius 3 is 2.11 bits per heavy atom. The molecule has 0 radical (unpaired) electrons. The van der Waals surface area contributed by atoms with E-state index in [9.17, 15) is 24.3 Å². The van der Waals surface area contributed by atoms with Gasteiger partial charge in [0.05, 0.1) is 6.10 Å². The van der Waals surface area contributed by atoms with Gasteiger partial charge in [-0.05, 0) is 91.7 Å². The van der Waals surface area contributed by atoms with Gasteiger partial charge in [0.25, 0.3) is 0 Å². The second-order valence-electron chi connectivity index (χ2n) is 12.7. The number of allylic oxidation sites excluding steroid dienone is 4. The first-order chi connectivity index (χ1) is 21.5. The molecule has 3 saturated carbocycles. The highest BCUT2D eigenvalue weighted by Gasteiger charge is 2.73. The van der Waals surface area contributed by atoms with Crippen molar-refractivity contribution in [2.24, 2.45) is 34.5 Å². The number of carboxylic acid groups (broad SMARTS) is 1. The number of aliphatic hydroxyl groups excluding tert-OH is 1. The van der Waals surface area contributed by atoms with Crippen LogP contribution in [0.15, 0.2) is 48.1 Å². The molecule has 0 spiro atoms. The molecule has 5 rings (SSSR count). The van der Waals surface area contributed by atoms with Crippen molar-refractivity contribution in [2.75, 3.05) is 6.26 Å². The van der Waals surface area contributed by atoms with Gasteiger partial charge in [-0.2, -0.15) is 0 Å². The number of thioether (sulfide) groups is 1. The Morgan fingerprint density at radius 2 is 1.61 bits per heavy atom. The van der Waals surface area contributed by atoms with E-state index >= 15 is 8.78 Å². The fraction of sp³-hybridized carbons (Fsp3) is 0.611. The molecule has 4 aliphatic rings. The maximum Gasteiger partial charge on any atom is 0.303 e. The van der Waals surface area contributed by atoms with E-state index in [2.05, 4.69) is 0 Å². The molecule has 6 nitrogen and oxygen atoms in total. The number of aliphatic carboxylic acids is 1. The summed E-state index contributed by atoms with van der Waals surface area (Å²) in [4.78, 5) is 45.0. The molecule has 46 heavy (non-hydrogen) atoms. The average Bonchev–Trinajstić information content (AvgIpc) is 3.30. The molecular weight excluding hydrogens is 634 g/mol. The quantitative estimate of drug-likeness (QED) is 0.307. The van der Waals surface area contributed by atoms with Gasteiger partial charge in [-0.25, -0.2) is 8.78 Å². The Bertz CT molecular complexity index is 1330. The number of rotatable bonds is 4. The summed E-state index contributed by atoms with van der Waals surface area (Å²) in [5.74, 6) is -2.01. The smallest absolute Gasteiger partial charge is 0.303 e. The molecule has 6 unspecified atom stereocenters. The molecule has 9 atom stereocenters. The predicted molar refractivity (Wildman–Crippen MR) is 181 cm³/mol. The first-order valence-corrected chi connectivity index (χ1v) is 17.7. The van der Waals surface area contributed by atoms with E-state index in [1.54, 1.807) is 44.4 Å². The SMILES string of the molecule is CC.CCC(=O)O.CCC(=O)c1ccc(Cl)cc1.CSC(=O)C1[C@H](C)CC2C3C[C@H](F)C4=CC(=O)C=CC4(C)[C@@]3(F)C(O)CC21C. The monoisotopic (exact) mass is 682 g/mol. The van der Waals surface area contributed by atoms with Crippen LogP contribution in [0.5, 0.6) is 0 Å². The molecule has 1 aromatic rings. The van der Waals surface area contributed by atoms with Crippen LogP contribution in [0.1, 0.15) is 90.9 Å². The van der Waals surface area contributed by atoms with E-state index in [1.165, 1.54) is 30.0 Å². The summed E-state index contributed by atoms with van der Waals surface area (Å²) >= 11 is 6.83. The first kappa shape index (κ1) is 39.8. The summed E-state index contributed by atoms with van der Waals surface area (Å²) in [5, 5.41) is 19.6. The highest BCUT2D eigenvalue weighted by molar-refractivity contribution is 8.13. The molecule has 10 heteroatoms. The third-order valence-corrected chi connectivity index (χ3v) is 11.1. The van der Waals surface area contributed by atoms with Crippen molar-refractivity contribution in [1.82, 2.24) is 0 Å². The normalized spacial score (nSPS) is 35.2. The lowest BCUT2D eigenvalue weighted by atomic mass is 9.45. The van der Waals surface area contributed by atoms with Crippen LogP contribution in [-0.4, -0.2) is 57.1 Å². The molecule has 0 bridgehead atoms. The summed E-state index contributed by atoms with van der Waals surface area (Å²) in [6.45, 7) is 13.0. The topological polar surface area (TPSA) is 109 Å². The number of ketones is 2. The Morgan fingerprint density at radius 1 is 1.04 bits per heavy atom. The Kier molecular flexibility index (Phi) is 14.0. The standard InChI is InChI=1S/C22H28F2O3S.C9H9ClO.C3H6O2.C2H6/c1-11-7-13-14-9-16(23)15-8-12(25)5-6-21(15,3)22(14,24)17(26)10-20(13,2)18(11)19(27)28-4;1-2-9(11)7-3-5-8(10)6-4-7;1-2-3(4)5;1-2/h5-6,8,11,13-14,16-18,26H,7,9-10H2,1-4H3;3-6H,2H2,1H3;2H2,1H3,(H,4,5);1-2H3/t11-,13?,14?,16+,17?,18?,20?,21?,22+;;;/m1.../s1. The Hall–Kier alpha value is -2.36. The zero-order chi connectivity index (χ0) is 35.2. The second-order valence-corrected chi connectivity index (χ2v) is 13.9. The Balaban J connectivity index is 0.000000338. The minimum Gasteiger partial charge on any atom is -0.481 e. The van der Waals surface area contributed by atoms with Gasteiger partial charge in [0.15, 0.2) is 22.4 Å². The largest absolute Gasteiger partial charge is 0.481 e. The summed E-state index contributed by atoms with van der Waals surface area (Å²) in [6, 6.07) is 6.94. The molecule has 1 aromatic carbocycles. The number of carbonyl (C=O) groups is 4. The molecule has 0 saturated heterocycles. The fourth-order valence-electron chi connectivity index (χ4n) is 8.04. The number of carboxylic acids is 1. The number of hydrogen-bond donors (Lipinski definition) is 2. The number of halogens is 3. The molecule has 2 N–H and O–H groups in total. The van der Waals surface area contributed by atoms with Crippen LogP contribution in [0.2, 0.25) is 5.02 Å². The van der Waals surface area contributed by atoms with E-state index in [4.69, 9.17) is 16.7 Å². The van der Waals surface area contributed by atoms with Crippen molar-refractivity contribution in [3.8, 4) is 0 Å². The van der Waals surface area contributed by atoms with Crippen LogP contribution in [0.3, 0.4) is 0 Å². The van der Waals surface area contributed by atoms with Gasteiger partial charge in [-0.15, -0.1) is 0 Å². The van der Waals surface area contributed by atoms with Crippen molar-refractivity contribution >= 4 is 46.0 Å². The minimum absolute atomic E-state index is 0.0523. The third-order valence-electron chi connectivity index (χ3n) is 10.2. The minimum atomic E-state index is -2.06. The van der Waals surface area contributed by atoms with Gasteiger partial charge in [0.2, 0.25) is 0 Å². The van der Waals surface area contributed by atoms with Crippen molar-refractivity contribution in [3.05, 3.63) is 58.7 Å². The van der Waals surface area contributed by atoms with Crippen molar-refractivity contribution in [3.63, 3.8) is 0 Å². The van der Waals surface area contributed by atoms with Crippen LogP contribution in [0.4, 0.5) is 8.78 Å². The van der Waals surface area contributed by atoms with Crippen molar-refractivity contribution < 1.29 is 38.2 Å². The van der Waals surface area contributed by atoms with Crippen molar-refractivity contribution in [2.45, 2.75) is 98.5 Å². The van der Waals surface area contributed by atoms with E-state index in [0.29, 0.717) is 17.9 Å². The van der Waals surface area contributed by atoms with Crippen LogP contribution in [-0.2, 0) is 14.4 Å². The number of hydrogen-bond acceptors (Lipinski definition) is 6. The van der Waals surface area contributed by atoms with Gasteiger partial charge in [0, 0.05) is 40.7 Å². The van der Waals surface area contributed by atoms with E-state index in [1.807, 2.05) is 34.6 Å². The first-order valence-electron chi connectivity index (χ1n) is 16.1. The molecule has 0 amide bonds. The molecule has 0 aliphatic heterocycles. The maximum atomic E-state index is 16.9. The highest BCUT2D eigenvalue weighted by Crippen LogP contribution is 2.70. The molecule has 0 heterocycles. The number of aliphatic hydroxyl groups is 1. The molecule has 256 valence electrons. The lowest BCUT2D eigenvalue weighted by Crippen LogP contribution is -2.68. The second kappa shape index (κ2) is 16.2. The molecule has 3 fully saturated rings. The molecule has 4 aliphatic carbocycles. The summed E-state index contributed by atoms with van der Waals surface area (Å²) in [6.07, 6.45) is 4.51. The van der Waals surface area contributed by atoms with E-state index in [0.717, 1.165) is 5.56 Å². The number of Topliss-reactive ketones (excluding diaryl/α,β-unsaturated/α-hetero) is 1. The lowest BCUT2D eigenvalue weighted by molar-refractivity contribution is -0.201. The predicted octanol–water partition coefficient (Wildman–Crippen LogP) is 8.50. The molecular formula is C36H49ClF2O6S. The zero-order valence-electron chi connectivity index (χ0n) is 28.1. The molecule has 0 aromatic heterocycles. The lowest BCUT2D eigenvalue weighted by Gasteiger charge is -2.62. The zero-order valence-corrected chi connectivity index (χ0v) is 29.7. The number of benzene rings is 1. The van der Waals surface area contributed by atoms with Crippen LogP contribution in [0, 0.1) is 34.5 Å². The van der Waals surface area contributed by atoms with Crippen molar-refractivity contribution in [1.29, 1.82) is 0 Å². The third kappa shape index (κ3) is 7.52. The van der Waals surface area contributed by atoms with Crippen LogP contribution >= 0.6 is 23.4 Å². The summed E-state index contributed by atoms with van der Waals surface area (Å²) in [7, 11) is 0. The van der Waals surface area contributed by atoms with Crippen LogP contribution in [0.25, 0.3) is 0 Å². The van der Waals surface area contributed by atoms with Gasteiger partial charge in [-0.3, -0.25) is 19.2 Å². The number of carbonyl (C=O) groups excluding carboxylic acids is 3. The van der Waals surface area contributed by atoms with E-state index < -0.39 is 40.7 Å². The summed E-state index contributed by atoms with van der Waals surface area (Å²) in [5.41, 5.74) is -3.08. The number of alkyl halides is 2.